The van der Waals surface area contributed by atoms with Crippen LogP contribution in [0, 0.1) is 5.82 Å². The molecule has 0 spiro atoms. The molecule has 1 amide bonds. The van der Waals surface area contributed by atoms with Crippen molar-refractivity contribution in [3.8, 4) is 0 Å². The van der Waals surface area contributed by atoms with E-state index >= 15 is 0 Å². The summed E-state index contributed by atoms with van der Waals surface area (Å²) in [7, 11) is 0. The maximum absolute atomic E-state index is 13.1. The first-order valence-electron chi connectivity index (χ1n) is 5.38. The number of benzene rings is 1. The number of halogens is 2. The van der Waals surface area contributed by atoms with Gasteiger partial charge in [-0.1, -0.05) is 11.6 Å². The number of piperazine rings is 1. The Kier molecular flexibility index (Phi) is 3.00. The van der Waals surface area contributed by atoms with Gasteiger partial charge >= 0.3 is 0 Å². The normalized spacial score (nSPS) is 19.1. The van der Waals surface area contributed by atoms with Crippen LogP contribution in [0.2, 0.25) is 5.02 Å². The fraction of sp³-hybridized carbons (Fsp3) is 0.417. The second-order valence-electron chi connectivity index (χ2n) is 4.89. The largest absolute Gasteiger partial charge is 0.360 e. The third kappa shape index (κ3) is 2.69. The Hall–Kier alpha value is -1.29. The lowest BCUT2D eigenvalue weighted by atomic mass is 10.0. The SMILES string of the molecule is CC1(C)CN(c2ccc(F)c(Cl)c2)CC(=O)N1. The summed E-state index contributed by atoms with van der Waals surface area (Å²) in [6, 6.07) is 4.50. The van der Waals surface area contributed by atoms with E-state index in [2.05, 4.69) is 5.32 Å². The number of hydrogen-bond acceptors (Lipinski definition) is 2. The maximum Gasteiger partial charge on any atom is 0.239 e. The third-order valence-electron chi connectivity index (χ3n) is 2.67. The van der Waals surface area contributed by atoms with E-state index in [1.807, 2.05) is 18.7 Å². The Morgan fingerprint density at radius 2 is 2.18 bits per heavy atom. The predicted octanol–water partition coefficient (Wildman–Crippen LogP) is 2.19. The quantitative estimate of drug-likeness (QED) is 0.836. The second kappa shape index (κ2) is 4.18. The van der Waals surface area contributed by atoms with Crippen LogP contribution in [0.4, 0.5) is 10.1 Å². The minimum Gasteiger partial charge on any atom is -0.360 e. The van der Waals surface area contributed by atoms with Crippen molar-refractivity contribution in [1.29, 1.82) is 0 Å². The van der Waals surface area contributed by atoms with Gasteiger partial charge in [-0.3, -0.25) is 4.79 Å². The van der Waals surface area contributed by atoms with E-state index in [-0.39, 0.29) is 23.0 Å². The Morgan fingerprint density at radius 1 is 1.47 bits per heavy atom. The molecule has 0 aromatic heterocycles. The molecular formula is C12H14ClFN2O. The number of nitrogens with zero attached hydrogens (tertiary/aromatic N) is 1. The highest BCUT2D eigenvalue weighted by Gasteiger charge is 2.30. The Balaban J connectivity index is 2.27. The molecule has 92 valence electrons. The summed E-state index contributed by atoms with van der Waals surface area (Å²) in [5.74, 6) is -0.488. The second-order valence-corrected chi connectivity index (χ2v) is 5.29. The molecule has 1 aromatic carbocycles. The monoisotopic (exact) mass is 256 g/mol. The smallest absolute Gasteiger partial charge is 0.239 e. The van der Waals surface area contributed by atoms with Gasteiger partial charge in [0.25, 0.3) is 0 Å². The summed E-state index contributed by atoms with van der Waals surface area (Å²) >= 11 is 5.74. The summed E-state index contributed by atoms with van der Waals surface area (Å²) in [6.07, 6.45) is 0. The van der Waals surface area contributed by atoms with Crippen molar-refractivity contribution in [3.05, 3.63) is 29.0 Å². The van der Waals surface area contributed by atoms with Crippen LogP contribution in [-0.4, -0.2) is 24.5 Å². The highest BCUT2D eigenvalue weighted by molar-refractivity contribution is 6.31. The van der Waals surface area contributed by atoms with E-state index in [1.54, 1.807) is 12.1 Å². The number of anilines is 1. The van der Waals surface area contributed by atoms with Gasteiger partial charge in [-0.05, 0) is 32.0 Å². The zero-order valence-electron chi connectivity index (χ0n) is 9.76. The molecular weight excluding hydrogens is 243 g/mol. The van der Waals surface area contributed by atoms with Crippen molar-refractivity contribution in [2.24, 2.45) is 0 Å². The lowest BCUT2D eigenvalue weighted by molar-refractivity contribution is -0.122. The van der Waals surface area contributed by atoms with Crippen molar-refractivity contribution in [2.45, 2.75) is 19.4 Å². The molecule has 3 nitrogen and oxygen atoms in total. The standard InChI is InChI=1S/C12H14ClFN2O/c1-12(2)7-16(6-11(17)15-12)8-3-4-10(14)9(13)5-8/h3-5H,6-7H2,1-2H3,(H,15,17). The molecule has 0 aliphatic carbocycles. The van der Waals surface area contributed by atoms with Gasteiger partial charge in [0.2, 0.25) is 5.91 Å². The molecule has 2 rings (SSSR count). The first-order valence-corrected chi connectivity index (χ1v) is 5.76. The van der Waals surface area contributed by atoms with Crippen LogP contribution in [0.25, 0.3) is 0 Å². The number of carbonyl (C=O) groups excluding carboxylic acids is 1. The molecule has 1 heterocycles. The van der Waals surface area contributed by atoms with Gasteiger partial charge in [0.15, 0.2) is 0 Å². The number of carbonyl (C=O) groups is 1. The van der Waals surface area contributed by atoms with Crippen molar-refractivity contribution in [2.75, 3.05) is 18.0 Å². The van der Waals surface area contributed by atoms with Crippen molar-refractivity contribution >= 4 is 23.2 Å². The maximum atomic E-state index is 13.1. The molecule has 0 unspecified atom stereocenters. The van der Waals surface area contributed by atoms with Crippen molar-refractivity contribution in [3.63, 3.8) is 0 Å². The van der Waals surface area contributed by atoms with E-state index in [1.165, 1.54) is 6.07 Å². The Bertz CT molecular complexity index is 462. The van der Waals surface area contributed by atoms with Crippen molar-refractivity contribution in [1.82, 2.24) is 5.32 Å². The molecule has 0 radical (unpaired) electrons. The van der Waals surface area contributed by atoms with Gasteiger partial charge in [0.1, 0.15) is 5.82 Å². The number of amides is 1. The average Bonchev–Trinajstić information content (AvgIpc) is 2.19. The van der Waals surface area contributed by atoms with Crippen LogP contribution in [0.1, 0.15) is 13.8 Å². The van der Waals surface area contributed by atoms with Gasteiger partial charge < -0.3 is 10.2 Å². The first-order chi connectivity index (χ1) is 7.87. The minimum absolute atomic E-state index is 0.0401. The molecule has 0 bridgehead atoms. The fourth-order valence-corrected chi connectivity index (χ4v) is 2.20. The van der Waals surface area contributed by atoms with E-state index in [4.69, 9.17) is 11.6 Å². The zero-order chi connectivity index (χ0) is 12.6. The molecule has 17 heavy (non-hydrogen) atoms. The van der Waals surface area contributed by atoms with Gasteiger partial charge in [0, 0.05) is 12.2 Å². The predicted molar refractivity (Wildman–Crippen MR) is 65.8 cm³/mol. The molecule has 1 aliphatic rings. The first kappa shape index (κ1) is 12.2. The molecule has 1 aliphatic heterocycles. The molecule has 0 atom stereocenters. The molecule has 1 fully saturated rings. The highest BCUT2D eigenvalue weighted by atomic mass is 35.5. The van der Waals surface area contributed by atoms with Gasteiger partial charge in [0.05, 0.1) is 17.1 Å². The van der Waals surface area contributed by atoms with Crippen LogP contribution in [0.15, 0.2) is 18.2 Å². The van der Waals surface area contributed by atoms with Crippen LogP contribution in [0.3, 0.4) is 0 Å². The molecule has 5 heteroatoms. The van der Waals surface area contributed by atoms with E-state index in [0.717, 1.165) is 5.69 Å². The number of rotatable bonds is 1. The molecule has 0 saturated carbocycles. The summed E-state index contributed by atoms with van der Waals surface area (Å²) in [6.45, 7) is 4.83. The van der Waals surface area contributed by atoms with Crippen LogP contribution in [-0.2, 0) is 4.79 Å². The number of hydrogen-bond donors (Lipinski definition) is 1. The lowest BCUT2D eigenvalue weighted by Gasteiger charge is -2.39. The van der Waals surface area contributed by atoms with E-state index in [9.17, 15) is 9.18 Å². The minimum atomic E-state index is -0.448. The Labute approximate surface area is 105 Å². The summed E-state index contributed by atoms with van der Waals surface area (Å²) < 4.78 is 13.1. The van der Waals surface area contributed by atoms with Gasteiger partial charge in [-0.25, -0.2) is 4.39 Å². The van der Waals surface area contributed by atoms with E-state index < -0.39 is 5.82 Å². The average molecular weight is 257 g/mol. The van der Waals surface area contributed by atoms with Crippen LogP contribution in [0.5, 0.6) is 0 Å². The lowest BCUT2D eigenvalue weighted by Crippen LogP contribution is -2.60. The molecule has 1 N–H and O–H groups in total. The third-order valence-corrected chi connectivity index (χ3v) is 2.96. The summed E-state index contributed by atoms with van der Waals surface area (Å²) in [4.78, 5) is 13.4. The summed E-state index contributed by atoms with van der Waals surface area (Å²) in [5.41, 5.74) is 0.468. The number of nitrogens with one attached hydrogen (secondary N) is 1. The summed E-state index contributed by atoms with van der Waals surface area (Å²) in [5, 5.41) is 2.97. The van der Waals surface area contributed by atoms with Gasteiger partial charge in [-0.2, -0.15) is 0 Å². The zero-order valence-corrected chi connectivity index (χ0v) is 10.5. The van der Waals surface area contributed by atoms with Gasteiger partial charge in [-0.15, -0.1) is 0 Å². The van der Waals surface area contributed by atoms with Crippen LogP contribution < -0.4 is 10.2 Å². The van der Waals surface area contributed by atoms with Crippen molar-refractivity contribution < 1.29 is 9.18 Å². The van der Waals surface area contributed by atoms with E-state index in [0.29, 0.717) is 6.54 Å². The topological polar surface area (TPSA) is 32.3 Å². The molecule has 1 saturated heterocycles. The van der Waals surface area contributed by atoms with Crippen LogP contribution >= 0.6 is 11.6 Å². The fourth-order valence-electron chi connectivity index (χ4n) is 2.03. The Morgan fingerprint density at radius 3 is 2.76 bits per heavy atom. The molecule has 1 aromatic rings. The highest BCUT2D eigenvalue weighted by Crippen LogP contribution is 2.25.